The minimum absolute atomic E-state index is 0.0996. The lowest BCUT2D eigenvalue weighted by Crippen LogP contribution is -2.30. The summed E-state index contributed by atoms with van der Waals surface area (Å²) in [6.07, 6.45) is 3.64. The average Bonchev–Trinajstić information content (AvgIpc) is 2.10. The molecular formula is C12H23NO2. The van der Waals surface area contributed by atoms with Crippen molar-refractivity contribution in [3.63, 3.8) is 0 Å². The number of esters is 1. The second kappa shape index (κ2) is 5.50. The molecular weight excluding hydrogens is 190 g/mol. The Kier molecular flexibility index (Phi) is 4.58. The Balaban J connectivity index is 2.30. The first-order chi connectivity index (χ1) is 6.99. The van der Waals surface area contributed by atoms with Gasteiger partial charge in [0.2, 0.25) is 0 Å². The quantitative estimate of drug-likeness (QED) is 0.730. The van der Waals surface area contributed by atoms with Crippen molar-refractivity contribution in [1.82, 2.24) is 0 Å². The molecule has 1 rings (SSSR count). The van der Waals surface area contributed by atoms with Crippen LogP contribution in [0.1, 0.15) is 46.5 Å². The van der Waals surface area contributed by atoms with Crippen LogP contribution in [0.15, 0.2) is 0 Å². The van der Waals surface area contributed by atoms with Crippen LogP contribution < -0.4 is 5.73 Å². The van der Waals surface area contributed by atoms with Gasteiger partial charge < -0.3 is 10.5 Å². The van der Waals surface area contributed by atoms with Crippen molar-refractivity contribution in [2.75, 3.05) is 0 Å². The van der Waals surface area contributed by atoms with E-state index < -0.39 is 0 Å². The summed E-state index contributed by atoms with van der Waals surface area (Å²) in [7, 11) is 0. The van der Waals surface area contributed by atoms with Crippen LogP contribution in [0.3, 0.4) is 0 Å². The molecule has 0 amide bonds. The Hall–Kier alpha value is -0.570. The van der Waals surface area contributed by atoms with Crippen molar-refractivity contribution >= 4 is 5.97 Å². The van der Waals surface area contributed by atoms with E-state index in [1.54, 1.807) is 0 Å². The molecule has 0 aromatic carbocycles. The number of carbonyl (C=O) groups excluding carboxylic acids is 1. The zero-order valence-electron chi connectivity index (χ0n) is 10.0. The minimum Gasteiger partial charge on any atom is -0.462 e. The number of rotatable bonds is 3. The van der Waals surface area contributed by atoms with E-state index in [1.165, 1.54) is 0 Å². The first-order valence-corrected chi connectivity index (χ1v) is 5.94. The van der Waals surface area contributed by atoms with Gasteiger partial charge in [-0.05, 0) is 38.0 Å². The summed E-state index contributed by atoms with van der Waals surface area (Å²) in [5.41, 5.74) is 5.55. The normalized spacial score (nSPS) is 33.5. The lowest BCUT2D eigenvalue weighted by Gasteiger charge is -2.31. The van der Waals surface area contributed by atoms with E-state index in [0.29, 0.717) is 12.3 Å². The van der Waals surface area contributed by atoms with Crippen LogP contribution in [0.4, 0.5) is 0 Å². The Morgan fingerprint density at radius 3 is 2.60 bits per heavy atom. The molecule has 88 valence electrons. The van der Waals surface area contributed by atoms with Crippen molar-refractivity contribution < 1.29 is 9.53 Å². The van der Waals surface area contributed by atoms with Gasteiger partial charge in [-0.2, -0.15) is 0 Å². The second-order valence-electron chi connectivity index (χ2n) is 5.06. The predicted molar refractivity (Wildman–Crippen MR) is 60.3 cm³/mol. The molecule has 4 unspecified atom stereocenters. The molecule has 2 N–H and O–H groups in total. The van der Waals surface area contributed by atoms with Crippen molar-refractivity contribution in [2.24, 2.45) is 17.6 Å². The summed E-state index contributed by atoms with van der Waals surface area (Å²) >= 11 is 0. The fourth-order valence-corrected chi connectivity index (χ4v) is 2.10. The molecule has 0 aromatic heterocycles. The second-order valence-corrected chi connectivity index (χ2v) is 5.06. The van der Waals surface area contributed by atoms with Crippen LogP contribution in [-0.4, -0.2) is 18.1 Å². The zero-order valence-corrected chi connectivity index (χ0v) is 10.0. The number of carbonyl (C=O) groups is 1. The monoisotopic (exact) mass is 213 g/mol. The van der Waals surface area contributed by atoms with Gasteiger partial charge in [0, 0.05) is 6.04 Å². The highest BCUT2D eigenvalue weighted by atomic mass is 16.5. The van der Waals surface area contributed by atoms with E-state index in [9.17, 15) is 4.79 Å². The first-order valence-electron chi connectivity index (χ1n) is 5.94. The largest absolute Gasteiger partial charge is 0.462 e. The highest BCUT2D eigenvalue weighted by molar-refractivity contribution is 5.70. The molecule has 3 heteroatoms. The van der Waals surface area contributed by atoms with Gasteiger partial charge in [-0.15, -0.1) is 0 Å². The molecule has 0 bridgehead atoms. The molecule has 0 aromatic rings. The summed E-state index contributed by atoms with van der Waals surface area (Å²) in [5.74, 6) is 1.27. The highest BCUT2D eigenvalue weighted by Gasteiger charge is 2.26. The first kappa shape index (κ1) is 12.5. The molecule has 3 nitrogen and oxygen atoms in total. The molecule has 15 heavy (non-hydrogen) atoms. The van der Waals surface area contributed by atoms with Crippen LogP contribution in [0, 0.1) is 11.8 Å². The van der Waals surface area contributed by atoms with Gasteiger partial charge in [-0.3, -0.25) is 4.79 Å². The summed E-state index contributed by atoms with van der Waals surface area (Å²) < 4.78 is 5.40. The molecule has 0 spiro atoms. The lowest BCUT2D eigenvalue weighted by molar-refractivity contribution is -0.152. The third kappa shape index (κ3) is 4.20. The van der Waals surface area contributed by atoms with Crippen LogP contribution in [0.5, 0.6) is 0 Å². The molecule has 0 aliphatic heterocycles. The third-order valence-corrected chi connectivity index (χ3v) is 3.34. The van der Waals surface area contributed by atoms with Crippen LogP contribution in [0.2, 0.25) is 0 Å². The van der Waals surface area contributed by atoms with E-state index in [-0.39, 0.29) is 18.1 Å². The topological polar surface area (TPSA) is 52.3 Å². The van der Waals surface area contributed by atoms with Gasteiger partial charge in [-0.25, -0.2) is 0 Å². The van der Waals surface area contributed by atoms with E-state index in [1.807, 2.05) is 6.92 Å². The van der Waals surface area contributed by atoms with Crippen LogP contribution >= 0.6 is 0 Å². The Morgan fingerprint density at radius 2 is 2.07 bits per heavy atom. The predicted octanol–water partition coefficient (Wildman–Crippen LogP) is 2.09. The van der Waals surface area contributed by atoms with Gasteiger partial charge in [0.15, 0.2) is 0 Å². The van der Waals surface area contributed by atoms with Gasteiger partial charge >= 0.3 is 5.97 Å². The Labute approximate surface area is 92.4 Å². The van der Waals surface area contributed by atoms with Crippen molar-refractivity contribution in [3.8, 4) is 0 Å². The number of nitrogens with two attached hydrogens (primary N) is 1. The molecule has 1 aliphatic carbocycles. The fourth-order valence-electron chi connectivity index (χ4n) is 2.10. The summed E-state index contributed by atoms with van der Waals surface area (Å²) in [5, 5.41) is 0. The van der Waals surface area contributed by atoms with Crippen LogP contribution in [0.25, 0.3) is 0 Å². The maximum absolute atomic E-state index is 11.4. The number of hydrogen-bond donors (Lipinski definition) is 1. The third-order valence-electron chi connectivity index (χ3n) is 3.34. The lowest BCUT2D eigenvalue weighted by atomic mass is 9.80. The summed E-state index contributed by atoms with van der Waals surface area (Å²) in [6.45, 7) is 6.33. The number of hydrogen-bond acceptors (Lipinski definition) is 3. The zero-order chi connectivity index (χ0) is 11.4. The number of ether oxygens (including phenoxy) is 1. The van der Waals surface area contributed by atoms with E-state index in [4.69, 9.17) is 10.5 Å². The standard InChI is InChI=1S/C12H23NO2/c1-8-4-5-11(6-9(8)2)15-12(14)7-10(3)13/h8-11H,4-7,13H2,1-3H3. The molecule has 1 fully saturated rings. The molecule has 1 saturated carbocycles. The van der Waals surface area contributed by atoms with Crippen LogP contribution in [-0.2, 0) is 9.53 Å². The molecule has 0 heterocycles. The van der Waals surface area contributed by atoms with Crippen molar-refractivity contribution in [2.45, 2.75) is 58.6 Å². The molecule has 1 aliphatic rings. The van der Waals surface area contributed by atoms with E-state index >= 15 is 0 Å². The average molecular weight is 213 g/mol. The van der Waals surface area contributed by atoms with Gasteiger partial charge in [0.25, 0.3) is 0 Å². The molecule has 0 saturated heterocycles. The van der Waals surface area contributed by atoms with E-state index in [0.717, 1.165) is 25.2 Å². The van der Waals surface area contributed by atoms with Crippen molar-refractivity contribution in [3.05, 3.63) is 0 Å². The van der Waals surface area contributed by atoms with Crippen molar-refractivity contribution in [1.29, 1.82) is 0 Å². The fraction of sp³-hybridized carbons (Fsp3) is 0.917. The van der Waals surface area contributed by atoms with E-state index in [2.05, 4.69) is 13.8 Å². The maximum atomic E-state index is 11.4. The van der Waals surface area contributed by atoms with Gasteiger partial charge in [0.1, 0.15) is 6.10 Å². The smallest absolute Gasteiger partial charge is 0.307 e. The van der Waals surface area contributed by atoms with Gasteiger partial charge in [0.05, 0.1) is 6.42 Å². The SMILES string of the molecule is CC(N)CC(=O)OC1CCC(C)C(C)C1. The summed E-state index contributed by atoms with van der Waals surface area (Å²) in [4.78, 5) is 11.4. The minimum atomic E-state index is -0.142. The van der Waals surface area contributed by atoms with Gasteiger partial charge in [-0.1, -0.05) is 13.8 Å². The maximum Gasteiger partial charge on any atom is 0.307 e. The summed E-state index contributed by atoms with van der Waals surface area (Å²) in [6, 6.07) is -0.0996. The Morgan fingerprint density at radius 1 is 1.40 bits per heavy atom. The molecule has 0 radical (unpaired) electrons. The molecule has 4 atom stereocenters. The highest BCUT2D eigenvalue weighted by Crippen LogP contribution is 2.31. The Bertz CT molecular complexity index is 216.